The van der Waals surface area contributed by atoms with Gasteiger partial charge in [-0.1, -0.05) is 26.8 Å². The molecule has 0 saturated carbocycles. The normalized spacial score (nSPS) is 15.2. The molecule has 9 heteroatoms. The van der Waals surface area contributed by atoms with Crippen molar-refractivity contribution in [3.63, 3.8) is 0 Å². The van der Waals surface area contributed by atoms with Crippen LogP contribution < -0.4 is 9.64 Å². The molecule has 204 valence electrons. The number of carboxylic acid groups (broad SMARTS) is 1. The molecule has 2 aromatic rings. The lowest BCUT2D eigenvalue weighted by molar-refractivity contribution is -0.137. The average Bonchev–Trinajstić information content (AvgIpc) is 3.51. The van der Waals surface area contributed by atoms with E-state index in [0.717, 1.165) is 48.5 Å². The number of ether oxygens (including phenoxy) is 1. The van der Waals surface area contributed by atoms with Crippen molar-refractivity contribution in [1.29, 1.82) is 5.41 Å². The molecule has 0 unspecified atom stereocenters. The Morgan fingerprint density at radius 1 is 1.13 bits per heavy atom. The molecule has 0 amide bonds. The van der Waals surface area contributed by atoms with Crippen molar-refractivity contribution in [3.8, 4) is 5.75 Å². The van der Waals surface area contributed by atoms with E-state index in [-0.39, 0.29) is 36.6 Å². The highest BCUT2D eigenvalue weighted by Crippen LogP contribution is 2.42. The van der Waals surface area contributed by atoms with Crippen LogP contribution in [-0.4, -0.2) is 63.9 Å². The third-order valence-corrected chi connectivity index (χ3v) is 7.11. The van der Waals surface area contributed by atoms with Crippen molar-refractivity contribution in [3.05, 3.63) is 52.3 Å². The Hall–Kier alpha value is -3.46. The number of rotatable bonds is 11. The quantitative estimate of drug-likeness (QED) is 0.297. The highest BCUT2D eigenvalue weighted by molar-refractivity contribution is 6.05. The van der Waals surface area contributed by atoms with Gasteiger partial charge in [0, 0.05) is 42.7 Å². The van der Waals surface area contributed by atoms with E-state index in [4.69, 9.17) is 15.3 Å². The second-order valence-corrected chi connectivity index (χ2v) is 11.1. The van der Waals surface area contributed by atoms with Crippen LogP contribution in [0, 0.1) is 5.41 Å². The molecule has 0 atom stereocenters. The van der Waals surface area contributed by atoms with Gasteiger partial charge in [-0.25, -0.2) is 4.98 Å². The monoisotopic (exact) mass is 522 g/mol. The van der Waals surface area contributed by atoms with Crippen LogP contribution in [0.5, 0.6) is 5.75 Å². The number of anilines is 1. The predicted octanol–water partition coefficient (Wildman–Crippen LogP) is 4.13. The summed E-state index contributed by atoms with van der Waals surface area (Å²) in [6, 6.07) is 7.45. The second kappa shape index (κ2) is 11.5. The average molecular weight is 523 g/mol. The molecule has 1 aromatic carbocycles. The van der Waals surface area contributed by atoms with Crippen LogP contribution in [0.3, 0.4) is 0 Å². The molecule has 9 nitrogen and oxygen atoms in total. The van der Waals surface area contributed by atoms with Gasteiger partial charge in [-0.05, 0) is 49.3 Å². The molecule has 0 spiro atoms. The smallest absolute Gasteiger partial charge is 0.303 e. The number of aliphatic hydroxyl groups is 1. The minimum atomic E-state index is -0.806. The Labute approximate surface area is 223 Å². The van der Waals surface area contributed by atoms with Crippen LogP contribution >= 0.6 is 0 Å². The molecule has 0 bridgehead atoms. The van der Waals surface area contributed by atoms with Crippen LogP contribution in [0.1, 0.15) is 85.7 Å². The molecule has 3 heterocycles. The molecule has 0 aliphatic carbocycles. The summed E-state index contributed by atoms with van der Waals surface area (Å²) < 4.78 is 6.32. The molecule has 1 aromatic heterocycles. The summed E-state index contributed by atoms with van der Waals surface area (Å²) in [7, 11) is 0. The summed E-state index contributed by atoms with van der Waals surface area (Å²) >= 11 is 0. The van der Waals surface area contributed by atoms with Gasteiger partial charge in [0.05, 0.1) is 31.1 Å². The number of benzene rings is 1. The highest BCUT2D eigenvalue weighted by atomic mass is 16.5. The Kier molecular flexibility index (Phi) is 8.35. The first-order chi connectivity index (χ1) is 18.1. The van der Waals surface area contributed by atoms with E-state index in [0.29, 0.717) is 42.9 Å². The summed E-state index contributed by atoms with van der Waals surface area (Å²) in [5.41, 5.74) is 4.04. The number of amidine groups is 1. The number of unbranched alkanes of at least 4 members (excludes halogenated alkanes) is 1. The van der Waals surface area contributed by atoms with E-state index in [2.05, 4.69) is 30.7 Å². The zero-order valence-corrected chi connectivity index (χ0v) is 22.5. The van der Waals surface area contributed by atoms with Crippen molar-refractivity contribution < 1.29 is 24.5 Å². The van der Waals surface area contributed by atoms with Crippen LogP contribution in [-0.2, 0) is 23.4 Å². The topological polar surface area (TPSA) is 127 Å². The number of fused-ring (bicyclic) bond motifs is 1. The SMILES string of the molecule is CC(C)(C)c1cc(C(=O)CN2Cc3ccc(CO)nc3C2=N)cc(N2CCCC2)c1OCCCCC(=O)O. The number of aliphatic hydroxyl groups excluding tert-OH is 1. The third kappa shape index (κ3) is 6.15. The van der Waals surface area contributed by atoms with E-state index >= 15 is 0 Å². The van der Waals surface area contributed by atoms with E-state index in [1.807, 2.05) is 18.2 Å². The minimum Gasteiger partial charge on any atom is -0.491 e. The second-order valence-electron chi connectivity index (χ2n) is 11.1. The third-order valence-electron chi connectivity index (χ3n) is 7.11. The minimum absolute atomic E-state index is 0.0576. The van der Waals surface area contributed by atoms with Gasteiger partial charge in [0.15, 0.2) is 5.78 Å². The maximum atomic E-state index is 13.6. The largest absolute Gasteiger partial charge is 0.491 e. The van der Waals surface area contributed by atoms with Gasteiger partial charge in [-0.2, -0.15) is 0 Å². The highest BCUT2D eigenvalue weighted by Gasteiger charge is 2.31. The summed E-state index contributed by atoms with van der Waals surface area (Å²) in [4.78, 5) is 32.9. The zero-order valence-electron chi connectivity index (χ0n) is 22.5. The number of ketones is 1. The summed E-state index contributed by atoms with van der Waals surface area (Å²) in [5, 5.41) is 26.9. The number of aliphatic carboxylic acids is 1. The van der Waals surface area contributed by atoms with Gasteiger partial charge in [-0.15, -0.1) is 0 Å². The molecular weight excluding hydrogens is 484 g/mol. The standard InChI is InChI=1S/C29H38N4O5/c1-29(2,3)22-14-20(24(35)17-33-16-19-9-10-21(18-34)31-26(19)28(33)30)15-23(32-11-5-6-12-32)27(22)38-13-7-4-8-25(36)37/h9-10,14-15,30,34H,4-8,11-13,16-18H2,1-3H3,(H,36,37). The van der Waals surface area contributed by atoms with E-state index < -0.39 is 5.97 Å². The summed E-state index contributed by atoms with van der Waals surface area (Å²) in [5.74, 6) is 0.0813. The van der Waals surface area contributed by atoms with Crippen molar-refractivity contribution >= 4 is 23.3 Å². The van der Waals surface area contributed by atoms with Gasteiger partial charge < -0.3 is 24.7 Å². The zero-order chi connectivity index (χ0) is 27.4. The number of hydrogen-bond donors (Lipinski definition) is 3. The van der Waals surface area contributed by atoms with Crippen LogP contribution in [0.25, 0.3) is 0 Å². The van der Waals surface area contributed by atoms with Crippen molar-refractivity contribution in [2.45, 2.75) is 71.4 Å². The lowest BCUT2D eigenvalue weighted by Gasteiger charge is -2.30. The molecule has 2 aliphatic heterocycles. The predicted molar refractivity (Wildman–Crippen MR) is 145 cm³/mol. The molecule has 1 fully saturated rings. The fraction of sp³-hybridized carbons (Fsp3) is 0.517. The van der Waals surface area contributed by atoms with Crippen molar-refractivity contribution in [1.82, 2.24) is 9.88 Å². The number of carbonyl (C=O) groups is 2. The number of carbonyl (C=O) groups excluding carboxylic acids is 1. The van der Waals surface area contributed by atoms with E-state index in [9.17, 15) is 14.7 Å². The first-order valence-corrected chi connectivity index (χ1v) is 13.3. The Morgan fingerprint density at radius 2 is 1.87 bits per heavy atom. The molecular formula is C29H38N4O5. The Bertz CT molecular complexity index is 1210. The maximum Gasteiger partial charge on any atom is 0.303 e. The molecule has 0 radical (unpaired) electrons. The van der Waals surface area contributed by atoms with Gasteiger partial charge in [0.25, 0.3) is 0 Å². The number of pyridine rings is 1. The lowest BCUT2D eigenvalue weighted by Crippen LogP contribution is -2.31. The van der Waals surface area contributed by atoms with Crippen molar-refractivity contribution in [2.24, 2.45) is 0 Å². The van der Waals surface area contributed by atoms with Gasteiger partial charge in [0.1, 0.15) is 17.3 Å². The summed E-state index contributed by atoms with van der Waals surface area (Å²) in [6.07, 6.45) is 3.46. The van der Waals surface area contributed by atoms with E-state index in [1.165, 1.54) is 0 Å². The Morgan fingerprint density at radius 3 is 2.53 bits per heavy atom. The number of hydrogen-bond acceptors (Lipinski definition) is 7. The molecule has 3 N–H and O–H groups in total. The molecule has 38 heavy (non-hydrogen) atoms. The number of Topliss-reactive ketones (excluding diaryl/α,β-unsaturated/α-hetero) is 1. The van der Waals surface area contributed by atoms with Gasteiger partial charge in [-0.3, -0.25) is 15.0 Å². The van der Waals surface area contributed by atoms with Crippen LogP contribution in [0.15, 0.2) is 24.3 Å². The summed E-state index contributed by atoms with van der Waals surface area (Å²) in [6.45, 7) is 8.78. The van der Waals surface area contributed by atoms with Crippen LogP contribution in [0.2, 0.25) is 0 Å². The van der Waals surface area contributed by atoms with Crippen LogP contribution in [0.4, 0.5) is 5.69 Å². The maximum absolute atomic E-state index is 13.6. The van der Waals surface area contributed by atoms with Gasteiger partial charge in [0.2, 0.25) is 0 Å². The molecule has 1 saturated heterocycles. The van der Waals surface area contributed by atoms with Gasteiger partial charge >= 0.3 is 5.97 Å². The fourth-order valence-electron chi connectivity index (χ4n) is 5.01. The first-order valence-electron chi connectivity index (χ1n) is 13.3. The number of carboxylic acids is 1. The fourth-order valence-corrected chi connectivity index (χ4v) is 5.01. The lowest BCUT2D eigenvalue weighted by atomic mass is 9.84. The number of nitrogens with one attached hydrogen (secondary N) is 1. The molecule has 4 rings (SSSR count). The van der Waals surface area contributed by atoms with Crippen molar-refractivity contribution in [2.75, 3.05) is 31.1 Å². The molecule has 2 aliphatic rings. The number of aromatic nitrogens is 1. The van der Waals surface area contributed by atoms with E-state index in [1.54, 1.807) is 11.0 Å². The Balaban J connectivity index is 1.60. The number of nitrogens with zero attached hydrogens (tertiary/aromatic N) is 3. The first kappa shape index (κ1) is 27.6.